The zero-order chi connectivity index (χ0) is 19.9. The number of carbonyl (C=O) groups is 2. The van der Waals surface area contributed by atoms with Gasteiger partial charge >= 0.3 is 30.9 Å². The number of carboxylic acid groups (broad SMARTS) is 1. The number of hydrogen-bond donors (Lipinski definition) is 2. The van der Waals surface area contributed by atoms with Crippen molar-refractivity contribution in [1.82, 2.24) is 15.1 Å². The molecule has 28 heavy (non-hydrogen) atoms. The molecule has 0 radical (unpaired) electrons. The van der Waals surface area contributed by atoms with Gasteiger partial charge in [-0.1, -0.05) is 12.1 Å². The predicted molar refractivity (Wildman–Crippen MR) is 104 cm³/mol. The first-order valence-corrected chi connectivity index (χ1v) is 9.07. The van der Waals surface area contributed by atoms with Gasteiger partial charge in [-0.05, 0) is 57.7 Å². The summed E-state index contributed by atoms with van der Waals surface area (Å²) in [5.74, 6) is -0.941. The summed E-state index contributed by atoms with van der Waals surface area (Å²) >= 11 is 0. The van der Waals surface area contributed by atoms with Crippen molar-refractivity contribution in [1.29, 1.82) is 0 Å². The molecule has 0 saturated heterocycles. The topological polar surface area (TPSA) is 93.5 Å². The summed E-state index contributed by atoms with van der Waals surface area (Å²) in [6.07, 6.45) is 6.04. The van der Waals surface area contributed by atoms with Crippen LogP contribution in [0.3, 0.4) is 0 Å². The van der Waals surface area contributed by atoms with Gasteiger partial charge in [0, 0.05) is 24.8 Å². The minimum absolute atomic E-state index is 0. The second-order valence-electron chi connectivity index (χ2n) is 7.37. The maximum Gasteiger partial charge on any atom is 1.00 e. The number of nitrogens with zero attached hydrogens (tertiary/aromatic N) is 2. The van der Waals surface area contributed by atoms with Crippen molar-refractivity contribution >= 4 is 12.1 Å². The Morgan fingerprint density at radius 3 is 2.64 bits per heavy atom. The number of aromatic carboxylic acids is 1. The second-order valence-corrected chi connectivity index (χ2v) is 7.37. The van der Waals surface area contributed by atoms with Gasteiger partial charge in [-0.3, -0.25) is 4.68 Å². The summed E-state index contributed by atoms with van der Waals surface area (Å²) in [5.41, 5.74) is 1.51. The average molecular weight is 381 g/mol. The number of aryl methyl sites for hydroxylation is 1. The Labute approximate surface area is 179 Å². The fourth-order valence-electron chi connectivity index (χ4n) is 2.55. The van der Waals surface area contributed by atoms with Crippen LogP contribution in [0.1, 0.15) is 51.8 Å². The zero-order valence-corrected chi connectivity index (χ0v) is 17.1. The van der Waals surface area contributed by atoms with E-state index in [9.17, 15) is 9.59 Å². The number of carbonyl (C=O) groups excluding carboxylic acids is 1. The fraction of sp³-hybridized carbons (Fsp3) is 0.450. The summed E-state index contributed by atoms with van der Waals surface area (Å²) < 4.78 is 7.03. The Morgan fingerprint density at radius 1 is 1.21 bits per heavy atom. The number of aromatic nitrogens is 2. The summed E-state index contributed by atoms with van der Waals surface area (Å²) in [6, 6.07) is 6.82. The zero-order valence-electron chi connectivity index (χ0n) is 18.1. The van der Waals surface area contributed by atoms with E-state index in [0.717, 1.165) is 36.9 Å². The fourth-order valence-corrected chi connectivity index (χ4v) is 2.55. The van der Waals surface area contributed by atoms with Gasteiger partial charge in [-0.2, -0.15) is 5.10 Å². The van der Waals surface area contributed by atoms with E-state index in [1.165, 1.54) is 0 Å². The first-order chi connectivity index (χ1) is 12.7. The van der Waals surface area contributed by atoms with Gasteiger partial charge in [0.15, 0.2) is 0 Å². The number of nitrogens with one attached hydrogen (secondary N) is 1. The summed E-state index contributed by atoms with van der Waals surface area (Å²) in [6.45, 7) is 6.86. The molecule has 8 heteroatoms. The Kier molecular flexibility index (Phi) is 9.30. The van der Waals surface area contributed by atoms with E-state index in [2.05, 4.69) is 10.4 Å². The first-order valence-electron chi connectivity index (χ1n) is 9.07. The standard InChI is InChI=1S/C20H27N3O4.Li.H/c1-20(2,3)27-19(26)21-10-5-4-6-11-23-14-17(13-22-23)15-8-7-9-16(12-15)18(24)25;;/h7-9,12-14H,4-6,10-11H2,1-3H3,(H,21,26)(H,24,25);;/q;+1;-1. The van der Waals surface area contributed by atoms with E-state index >= 15 is 0 Å². The van der Waals surface area contributed by atoms with Gasteiger partial charge < -0.3 is 16.6 Å². The Morgan fingerprint density at radius 2 is 1.96 bits per heavy atom. The third-order valence-electron chi connectivity index (χ3n) is 3.81. The number of carboxylic acids is 1. The summed E-state index contributed by atoms with van der Waals surface area (Å²) in [7, 11) is 0. The van der Waals surface area contributed by atoms with Crippen molar-refractivity contribution in [3.8, 4) is 11.1 Å². The molecular formula is C20H28LiN3O4. The number of alkyl carbamates (subject to hydrolysis) is 1. The van der Waals surface area contributed by atoms with E-state index in [0.29, 0.717) is 6.54 Å². The van der Waals surface area contributed by atoms with E-state index in [4.69, 9.17) is 9.84 Å². The molecule has 0 aliphatic carbocycles. The molecule has 7 nitrogen and oxygen atoms in total. The third-order valence-corrected chi connectivity index (χ3v) is 3.81. The summed E-state index contributed by atoms with van der Waals surface area (Å²) in [4.78, 5) is 22.6. The molecule has 0 aliphatic heterocycles. The molecule has 1 amide bonds. The van der Waals surface area contributed by atoms with Crippen LogP contribution in [-0.4, -0.2) is 39.1 Å². The van der Waals surface area contributed by atoms with Crippen LogP contribution in [0, 0.1) is 0 Å². The summed E-state index contributed by atoms with van der Waals surface area (Å²) in [5, 5.41) is 16.2. The SMILES string of the molecule is CC(C)(C)OC(=O)NCCCCCn1cc(-c2cccc(C(=O)O)c2)cn1.[H-].[Li+]. The van der Waals surface area contributed by atoms with Gasteiger partial charge in [0.25, 0.3) is 0 Å². The van der Waals surface area contributed by atoms with Crippen LogP contribution in [0.5, 0.6) is 0 Å². The predicted octanol–water partition coefficient (Wildman–Crippen LogP) is 1.06. The first kappa shape index (κ1) is 23.8. The molecule has 1 aromatic heterocycles. The minimum atomic E-state index is -0.941. The average Bonchev–Trinajstić information content (AvgIpc) is 3.05. The third kappa shape index (κ3) is 8.20. The van der Waals surface area contributed by atoms with Crippen LogP contribution >= 0.6 is 0 Å². The number of benzene rings is 1. The van der Waals surface area contributed by atoms with Crippen molar-refractivity contribution in [2.75, 3.05) is 6.54 Å². The van der Waals surface area contributed by atoms with E-state index < -0.39 is 11.6 Å². The van der Waals surface area contributed by atoms with Crippen LogP contribution in [0.15, 0.2) is 36.7 Å². The smallest absolute Gasteiger partial charge is 1.00 e. The largest absolute Gasteiger partial charge is 1.00 e. The maximum atomic E-state index is 11.5. The number of rotatable bonds is 8. The minimum Gasteiger partial charge on any atom is -1.00 e. The van der Waals surface area contributed by atoms with Crippen LogP contribution < -0.4 is 24.2 Å². The van der Waals surface area contributed by atoms with Crippen molar-refractivity contribution < 1.29 is 39.7 Å². The molecule has 1 heterocycles. The second kappa shape index (κ2) is 10.9. The maximum absolute atomic E-state index is 11.5. The van der Waals surface area contributed by atoms with Gasteiger partial charge in [0.2, 0.25) is 0 Å². The van der Waals surface area contributed by atoms with E-state index in [-0.39, 0.29) is 31.9 Å². The quantitative estimate of drug-likeness (QED) is 0.527. The van der Waals surface area contributed by atoms with Crippen LogP contribution in [-0.2, 0) is 11.3 Å². The number of unbranched alkanes of at least 4 members (excludes halogenated alkanes) is 2. The molecule has 0 fully saturated rings. The molecule has 148 valence electrons. The molecule has 0 aliphatic rings. The Bertz CT molecular complexity index is 790. The van der Waals surface area contributed by atoms with Crippen LogP contribution in [0.4, 0.5) is 4.79 Å². The number of hydrogen-bond acceptors (Lipinski definition) is 4. The molecule has 1 aromatic carbocycles. The molecule has 0 unspecified atom stereocenters. The number of ether oxygens (including phenoxy) is 1. The van der Waals surface area contributed by atoms with Crippen LogP contribution in [0.2, 0.25) is 0 Å². The normalized spacial score (nSPS) is 10.8. The molecule has 0 bridgehead atoms. The van der Waals surface area contributed by atoms with Gasteiger partial charge in [-0.15, -0.1) is 0 Å². The molecule has 0 atom stereocenters. The Hall–Kier alpha value is -2.23. The van der Waals surface area contributed by atoms with E-state index in [1.807, 2.05) is 37.7 Å². The van der Waals surface area contributed by atoms with Crippen LogP contribution in [0.25, 0.3) is 11.1 Å². The Balaban J connectivity index is 0.00000392. The number of amides is 1. The molecule has 2 aromatic rings. The molecule has 0 saturated carbocycles. The van der Waals surface area contributed by atoms with Crippen molar-refractivity contribution in [3.05, 3.63) is 42.2 Å². The molecular weight excluding hydrogens is 353 g/mol. The van der Waals surface area contributed by atoms with Gasteiger partial charge in [-0.25, -0.2) is 9.59 Å². The van der Waals surface area contributed by atoms with Crippen molar-refractivity contribution in [2.45, 2.75) is 52.2 Å². The van der Waals surface area contributed by atoms with E-state index in [1.54, 1.807) is 24.4 Å². The van der Waals surface area contributed by atoms with Gasteiger partial charge in [0.1, 0.15) is 5.60 Å². The monoisotopic (exact) mass is 381 g/mol. The molecule has 2 N–H and O–H groups in total. The van der Waals surface area contributed by atoms with Crippen molar-refractivity contribution in [3.63, 3.8) is 0 Å². The molecule has 0 spiro atoms. The molecule has 2 rings (SSSR count). The van der Waals surface area contributed by atoms with Gasteiger partial charge in [0.05, 0.1) is 11.8 Å². The van der Waals surface area contributed by atoms with Crippen molar-refractivity contribution in [2.24, 2.45) is 0 Å².